The predicted octanol–water partition coefficient (Wildman–Crippen LogP) is 3.24. The van der Waals surface area contributed by atoms with E-state index in [0.29, 0.717) is 34.9 Å². The molecule has 0 atom stereocenters. The van der Waals surface area contributed by atoms with Crippen LogP contribution in [-0.4, -0.2) is 37.5 Å². The minimum Gasteiger partial charge on any atom is -0.494 e. The van der Waals surface area contributed by atoms with Crippen molar-refractivity contribution in [3.05, 3.63) is 53.6 Å². The first kappa shape index (κ1) is 19.4. The van der Waals surface area contributed by atoms with Gasteiger partial charge in [0, 0.05) is 5.56 Å². The quantitative estimate of drug-likeness (QED) is 0.428. The number of nitrogens with one attached hydrogen (secondary N) is 1. The summed E-state index contributed by atoms with van der Waals surface area (Å²) in [4.78, 5) is 35.8. The van der Waals surface area contributed by atoms with Gasteiger partial charge < -0.3 is 19.5 Å². The van der Waals surface area contributed by atoms with Gasteiger partial charge in [-0.25, -0.2) is 4.79 Å². The highest BCUT2D eigenvalue weighted by Gasteiger charge is 2.18. The zero-order chi connectivity index (χ0) is 19.9. The van der Waals surface area contributed by atoms with E-state index in [-0.39, 0.29) is 18.3 Å². The third kappa shape index (κ3) is 4.88. The van der Waals surface area contributed by atoms with Crippen molar-refractivity contribution in [2.75, 3.05) is 25.1 Å². The van der Waals surface area contributed by atoms with Gasteiger partial charge in [-0.15, -0.1) is 0 Å². The highest BCUT2D eigenvalue weighted by molar-refractivity contribution is 6.02. The molecular weight excluding hydrogens is 362 g/mol. The van der Waals surface area contributed by atoms with Gasteiger partial charge in [-0.1, -0.05) is 13.3 Å². The Morgan fingerprint density at radius 3 is 2.61 bits per heavy atom. The Labute approximate surface area is 162 Å². The molecular formula is C21H21NO6. The number of ether oxygens (including phenoxy) is 3. The zero-order valence-electron chi connectivity index (χ0n) is 15.5. The SMILES string of the molecule is CCCCOc1ccc(C(=O)OCC(=O)c2ccc3c(c2)NC(=O)CO3)cc1. The molecule has 0 fully saturated rings. The van der Waals surface area contributed by atoms with Crippen molar-refractivity contribution in [3.63, 3.8) is 0 Å². The van der Waals surface area contributed by atoms with Gasteiger partial charge in [-0.05, 0) is 48.9 Å². The standard InChI is InChI=1S/C21H21NO6/c1-2-3-10-26-16-7-4-14(5-8-16)21(25)28-12-18(23)15-6-9-19-17(11-15)22-20(24)13-27-19/h4-9,11H,2-3,10,12-13H2,1H3,(H,22,24). The molecule has 1 aliphatic rings. The van der Waals surface area contributed by atoms with Crippen LogP contribution in [0.15, 0.2) is 42.5 Å². The van der Waals surface area contributed by atoms with Crippen molar-refractivity contribution >= 4 is 23.3 Å². The van der Waals surface area contributed by atoms with Gasteiger partial charge in [0.2, 0.25) is 0 Å². The summed E-state index contributed by atoms with van der Waals surface area (Å²) in [5.41, 5.74) is 1.07. The van der Waals surface area contributed by atoms with E-state index < -0.39 is 12.6 Å². The second-order valence-electron chi connectivity index (χ2n) is 6.27. The van der Waals surface area contributed by atoms with Gasteiger partial charge in [0.1, 0.15) is 11.5 Å². The number of hydrogen-bond donors (Lipinski definition) is 1. The maximum absolute atomic E-state index is 12.3. The third-order valence-electron chi connectivity index (χ3n) is 4.13. The Balaban J connectivity index is 1.55. The number of fused-ring (bicyclic) bond motifs is 1. The van der Waals surface area contributed by atoms with Crippen molar-refractivity contribution in [1.29, 1.82) is 0 Å². The van der Waals surface area contributed by atoms with Crippen LogP contribution in [0, 0.1) is 0 Å². The maximum Gasteiger partial charge on any atom is 0.338 e. The number of carbonyl (C=O) groups is 3. The molecule has 1 amide bonds. The van der Waals surface area contributed by atoms with E-state index in [9.17, 15) is 14.4 Å². The van der Waals surface area contributed by atoms with Gasteiger partial charge in [-0.2, -0.15) is 0 Å². The first-order chi connectivity index (χ1) is 13.6. The molecule has 0 bridgehead atoms. The van der Waals surface area contributed by atoms with E-state index in [4.69, 9.17) is 14.2 Å². The van der Waals surface area contributed by atoms with Crippen LogP contribution in [0.1, 0.15) is 40.5 Å². The summed E-state index contributed by atoms with van der Waals surface area (Å²) < 4.78 is 15.9. The molecule has 1 heterocycles. The Morgan fingerprint density at radius 1 is 1.11 bits per heavy atom. The molecule has 0 saturated carbocycles. The summed E-state index contributed by atoms with van der Waals surface area (Å²) in [6.45, 7) is 2.25. The summed E-state index contributed by atoms with van der Waals surface area (Å²) in [5.74, 6) is -0.0852. The van der Waals surface area contributed by atoms with Crippen LogP contribution < -0.4 is 14.8 Å². The number of esters is 1. The van der Waals surface area contributed by atoms with Crippen LogP contribution in [0.2, 0.25) is 0 Å². The molecule has 28 heavy (non-hydrogen) atoms. The van der Waals surface area contributed by atoms with Crippen molar-refractivity contribution in [1.82, 2.24) is 0 Å². The summed E-state index contributed by atoms with van der Waals surface area (Å²) in [6, 6.07) is 11.3. The van der Waals surface area contributed by atoms with Gasteiger partial charge in [0.05, 0.1) is 17.9 Å². The number of anilines is 1. The van der Waals surface area contributed by atoms with Gasteiger partial charge in [-0.3, -0.25) is 9.59 Å². The van der Waals surface area contributed by atoms with Crippen LogP contribution in [0.4, 0.5) is 5.69 Å². The van der Waals surface area contributed by atoms with Crippen LogP contribution in [-0.2, 0) is 9.53 Å². The zero-order valence-corrected chi connectivity index (χ0v) is 15.5. The molecule has 3 rings (SSSR count). The monoisotopic (exact) mass is 383 g/mol. The summed E-state index contributed by atoms with van der Waals surface area (Å²) in [6.07, 6.45) is 2.01. The summed E-state index contributed by atoms with van der Waals surface area (Å²) in [5, 5.41) is 2.63. The van der Waals surface area contributed by atoms with E-state index in [1.54, 1.807) is 36.4 Å². The highest BCUT2D eigenvalue weighted by atomic mass is 16.5. The Bertz CT molecular complexity index is 875. The van der Waals surface area contributed by atoms with E-state index in [0.717, 1.165) is 12.8 Å². The molecule has 0 unspecified atom stereocenters. The fourth-order valence-corrected chi connectivity index (χ4v) is 2.58. The lowest BCUT2D eigenvalue weighted by Gasteiger charge is -2.18. The second-order valence-corrected chi connectivity index (χ2v) is 6.27. The second kappa shape index (κ2) is 9.03. The lowest BCUT2D eigenvalue weighted by Crippen LogP contribution is -2.25. The smallest absolute Gasteiger partial charge is 0.338 e. The van der Waals surface area contributed by atoms with E-state index in [2.05, 4.69) is 12.2 Å². The Kier molecular flexibility index (Phi) is 6.26. The molecule has 0 aliphatic carbocycles. The fraction of sp³-hybridized carbons (Fsp3) is 0.286. The average molecular weight is 383 g/mol. The molecule has 7 nitrogen and oxygen atoms in total. The number of Topliss-reactive ketones (excluding diaryl/α,β-unsaturated/α-hetero) is 1. The van der Waals surface area contributed by atoms with Gasteiger partial charge in [0.15, 0.2) is 19.0 Å². The van der Waals surface area contributed by atoms with Crippen molar-refractivity contribution in [3.8, 4) is 11.5 Å². The van der Waals surface area contributed by atoms with Crippen molar-refractivity contribution in [2.45, 2.75) is 19.8 Å². The normalized spacial score (nSPS) is 12.4. The lowest BCUT2D eigenvalue weighted by atomic mass is 10.1. The van der Waals surface area contributed by atoms with E-state index >= 15 is 0 Å². The first-order valence-electron chi connectivity index (χ1n) is 9.06. The molecule has 2 aromatic carbocycles. The maximum atomic E-state index is 12.3. The number of rotatable bonds is 8. The largest absolute Gasteiger partial charge is 0.494 e. The minimum absolute atomic E-state index is 0.0552. The molecule has 146 valence electrons. The lowest BCUT2D eigenvalue weighted by molar-refractivity contribution is -0.118. The Hall–Kier alpha value is -3.35. The van der Waals surface area contributed by atoms with Gasteiger partial charge in [0.25, 0.3) is 5.91 Å². The van der Waals surface area contributed by atoms with E-state index in [1.807, 2.05) is 0 Å². The van der Waals surface area contributed by atoms with Crippen LogP contribution in [0.25, 0.3) is 0 Å². The summed E-state index contributed by atoms with van der Waals surface area (Å²) in [7, 11) is 0. The molecule has 0 spiro atoms. The number of benzene rings is 2. The first-order valence-corrected chi connectivity index (χ1v) is 9.06. The molecule has 1 aliphatic heterocycles. The number of carbonyl (C=O) groups excluding carboxylic acids is 3. The number of hydrogen-bond acceptors (Lipinski definition) is 6. The van der Waals surface area contributed by atoms with Crippen LogP contribution in [0.5, 0.6) is 11.5 Å². The molecule has 1 N–H and O–H groups in total. The predicted molar refractivity (Wildman–Crippen MR) is 102 cm³/mol. The number of unbranched alkanes of at least 4 members (excludes halogenated alkanes) is 1. The molecule has 0 radical (unpaired) electrons. The number of ketones is 1. The van der Waals surface area contributed by atoms with Crippen LogP contribution in [0.3, 0.4) is 0 Å². The average Bonchev–Trinajstić information content (AvgIpc) is 2.72. The minimum atomic E-state index is -0.594. The highest BCUT2D eigenvalue weighted by Crippen LogP contribution is 2.28. The van der Waals surface area contributed by atoms with Crippen molar-refractivity contribution < 1.29 is 28.6 Å². The fourth-order valence-electron chi connectivity index (χ4n) is 2.58. The van der Waals surface area contributed by atoms with Crippen molar-refractivity contribution in [2.24, 2.45) is 0 Å². The third-order valence-corrected chi connectivity index (χ3v) is 4.13. The Morgan fingerprint density at radius 2 is 1.86 bits per heavy atom. The molecule has 2 aromatic rings. The van der Waals surface area contributed by atoms with Crippen LogP contribution >= 0.6 is 0 Å². The molecule has 0 aromatic heterocycles. The molecule has 0 saturated heterocycles. The van der Waals surface area contributed by atoms with Gasteiger partial charge >= 0.3 is 5.97 Å². The topological polar surface area (TPSA) is 90.9 Å². The number of amides is 1. The summed E-state index contributed by atoms with van der Waals surface area (Å²) >= 11 is 0. The van der Waals surface area contributed by atoms with E-state index in [1.165, 1.54) is 6.07 Å². The molecule has 7 heteroatoms.